The number of nitrogens with one attached hydrogen (secondary N) is 1. The highest BCUT2D eigenvalue weighted by Gasteiger charge is 2.43. The molecule has 2 aromatic carbocycles. The number of esters is 2. The Morgan fingerprint density at radius 2 is 1.51 bits per heavy atom. The van der Waals surface area contributed by atoms with Gasteiger partial charge in [0.15, 0.2) is 11.5 Å². The fourth-order valence-electron chi connectivity index (χ4n) is 4.34. The molecule has 1 aliphatic heterocycles. The van der Waals surface area contributed by atoms with Gasteiger partial charge in [-0.25, -0.2) is 9.59 Å². The van der Waals surface area contributed by atoms with Gasteiger partial charge in [-0.1, -0.05) is 24.3 Å². The second-order valence-electron chi connectivity index (χ2n) is 8.29. The van der Waals surface area contributed by atoms with Crippen LogP contribution in [0.3, 0.4) is 0 Å². The zero-order valence-corrected chi connectivity index (χ0v) is 21.1. The fourth-order valence-corrected chi connectivity index (χ4v) is 4.34. The number of ether oxygens (including phenoxy) is 4. The molecule has 37 heavy (non-hydrogen) atoms. The maximum Gasteiger partial charge on any atom is 0.416 e. The molecule has 1 unspecified atom stereocenters. The molecule has 1 N–H and O–H groups in total. The molecule has 3 rings (SSSR count). The summed E-state index contributed by atoms with van der Waals surface area (Å²) in [6.07, 6.45) is -4.40. The summed E-state index contributed by atoms with van der Waals surface area (Å²) in [7, 11) is 4.14. The minimum Gasteiger partial charge on any atom is -0.493 e. The number of hydrogen-bond donors (Lipinski definition) is 1. The maximum atomic E-state index is 13.9. The van der Waals surface area contributed by atoms with Crippen molar-refractivity contribution in [1.29, 1.82) is 0 Å². The molecule has 1 atom stereocenters. The SMILES string of the molecule is COC(=O)C1=C(C)NC(C)=C(C(=O)OCCc2ccc(OC)c(OC)c2)C1c1ccccc1C(F)(F)F. The average Bonchev–Trinajstić information content (AvgIpc) is 2.87. The Morgan fingerprint density at radius 1 is 0.892 bits per heavy atom. The minimum absolute atomic E-state index is 0.0605. The molecule has 0 saturated heterocycles. The molecule has 0 fully saturated rings. The van der Waals surface area contributed by atoms with Gasteiger partial charge in [0, 0.05) is 17.8 Å². The second kappa shape index (κ2) is 11.4. The summed E-state index contributed by atoms with van der Waals surface area (Å²) in [5.74, 6) is -1.99. The first-order valence-electron chi connectivity index (χ1n) is 11.3. The van der Waals surface area contributed by atoms with Crippen LogP contribution < -0.4 is 14.8 Å². The number of carbonyl (C=O) groups is 2. The van der Waals surface area contributed by atoms with E-state index in [9.17, 15) is 22.8 Å². The van der Waals surface area contributed by atoms with Gasteiger partial charge in [0.2, 0.25) is 0 Å². The predicted octanol–water partition coefficient (Wildman–Crippen LogP) is 4.92. The number of dihydropyridines is 1. The molecule has 0 saturated carbocycles. The van der Waals surface area contributed by atoms with Gasteiger partial charge in [-0.15, -0.1) is 0 Å². The highest BCUT2D eigenvalue weighted by molar-refractivity contribution is 6.00. The molecule has 2 aromatic rings. The topological polar surface area (TPSA) is 83.1 Å². The first-order chi connectivity index (χ1) is 17.5. The van der Waals surface area contributed by atoms with Gasteiger partial charge in [0.1, 0.15) is 0 Å². The van der Waals surface area contributed by atoms with E-state index in [-0.39, 0.29) is 34.7 Å². The van der Waals surface area contributed by atoms with E-state index < -0.39 is 29.6 Å². The number of alkyl halides is 3. The Morgan fingerprint density at radius 3 is 2.11 bits per heavy atom. The quantitative estimate of drug-likeness (QED) is 0.496. The summed E-state index contributed by atoms with van der Waals surface area (Å²) in [5, 5.41) is 2.92. The summed E-state index contributed by atoms with van der Waals surface area (Å²) in [4.78, 5) is 26.0. The third kappa shape index (κ3) is 5.90. The van der Waals surface area contributed by atoms with Crippen molar-refractivity contribution >= 4 is 11.9 Å². The molecule has 1 heterocycles. The van der Waals surface area contributed by atoms with E-state index in [0.717, 1.165) is 18.7 Å². The smallest absolute Gasteiger partial charge is 0.416 e. The van der Waals surface area contributed by atoms with Gasteiger partial charge >= 0.3 is 18.1 Å². The lowest BCUT2D eigenvalue weighted by Crippen LogP contribution is -2.33. The molecule has 0 radical (unpaired) electrons. The van der Waals surface area contributed by atoms with Crippen LogP contribution in [-0.4, -0.2) is 39.9 Å². The summed E-state index contributed by atoms with van der Waals surface area (Å²) >= 11 is 0. The molecule has 0 aromatic heterocycles. The van der Waals surface area contributed by atoms with Crippen molar-refractivity contribution in [2.75, 3.05) is 27.9 Å². The van der Waals surface area contributed by atoms with E-state index >= 15 is 0 Å². The van der Waals surface area contributed by atoms with E-state index in [1.807, 2.05) is 0 Å². The third-order valence-electron chi connectivity index (χ3n) is 6.03. The molecular weight excluding hydrogens is 491 g/mol. The molecule has 0 amide bonds. The van der Waals surface area contributed by atoms with E-state index in [2.05, 4.69) is 5.32 Å². The lowest BCUT2D eigenvalue weighted by Gasteiger charge is -2.31. The van der Waals surface area contributed by atoms with E-state index in [1.54, 1.807) is 25.1 Å². The maximum absolute atomic E-state index is 13.9. The number of carbonyl (C=O) groups excluding carboxylic acids is 2. The molecule has 0 spiro atoms. The van der Waals surface area contributed by atoms with Crippen LogP contribution in [0.2, 0.25) is 0 Å². The van der Waals surface area contributed by atoms with Gasteiger partial charge in [-0.2, -0.15) is 13.2 Å². The highest BCUT2D eigenvalue weighted by atomic mass is 19.4. The number of halogens is 3. The highest BCUT2D eigenvalue weighted by Crippen LogP contribution is 2.44. The molecule has 1 aliphatic rings. The largest absolute Gasteiger partial charge is 0.493 e. The average molecular weight is 520 g/mol. The zero-order valence-electron chi connectivity index (χ0n) is 21.1. The van der Waals surface area contributed by atoms with E-state index in [0.29, 0.717) is 17.9 Å². The van der Waals surface area contributed by atoms with Gasteiger partial charge < -0.3 is 24.3 Å². The van der Waals surface area contributed by atoms with Crippen molar-refractivity contribution in [3.63, 3.8) is 0 Å². The second-order valence-corrected chi connectivity index (χ2v) is 8.29. The first kappa shape index (κ1) is 27.6. The Balaban J connectivity index is 1.96. The van der Waals surface area contributed by atoms with Gasteiger partial charge in [0.05, 0.1) is 50.6 Å². The Hall–Kier alpha value is -3.95. The van der Waals surface area contributed by atoms with Crippen LogP contribution in [0.4, 0.5) is 13.2 Å². The number of allylic oxidation sites excluding steroid dienone is 2. The lowest BCUT2D eigenvalue weighted by molar-refractivity contribution is -0.141. The van der Waals surface area contributed by atoms with Crippen molar-refractivity contribution in [2.45, 2.75) is 32.4 Å². The summed E-state index contributed by atoms with van der Waals surface area (Å²) in [5.41, 5.74) is -0.0482. The van der Waals surface area contributed by atoms with Crippen molar-refractivity contribution in [3.8, 4) is 11.5 Å². The number of benzene rings is 2. The standard InChI is InChI=1S/C27H28F3NO6/c1-15-22(25(32)36-5)24(18-8-6-7-9-19(18)27(28,29)30)23(16(2)31-15)26(33)37-13-12-17-10-11-20(34-3)21(14-17)35-4/h6-11,14,24,31H,12-13H2,1-5H3. The summed E-state index contributed by atoms with van der Waals surface area (Å²) < 4.78 is 62.7. The van der Waals surface area contributed by atoms with Crippen molar-refractivity contribution in [3.05, 3.63) is 81.7 Å². The monoisotopic (exact) mass is 519 g/mol. The van der Waals surface area contributed by atoms with Gasteiger partial charge in [-0.05, 0) is 43.2 Å². The van der Waals surface area contributed by atoms with Crippen LogP contribution in [-0.2, 0) is 31.7 Å². The van der Waals surface area contributed by atoms with Crippen LogP contribution in [0.1, 0.15) is 36.5 Å². The first-order valence-corrected chi connectivity index (χ1v) is 11.3. The molecule has 7 nitrogen and oxygen atoms in total. The van der Waals surface area contributed by atoms with Crippen molar-refractivity contribution in [1.82, 2.24) is 5.32 Å². The molecule has 10 heteroatoms. The molecular formula is C27H28F3NO6. The van der Waals surface area contributed by atoms with Crippen molar-refractivity contribution < 1.29 is 41.7 Å². The van der Waals surface area contributed by atoms with Crippen LogP contribution in [0.15, 0.2) is 65.0 Å². The fraction of sp³-hybridized carbons (Fsp3) is 0.333. The van der Waals surface area contributed by atoms with Crippen LogP contribution in [0.5, 0.6) is 11.5 Å². The van der Waals surface area contributed by atoms with Crippen LogP contribution in [0.25, 0.3) is 0 Å². The Labute approximate surface area is 212 Å². The van der Waals surface area contributed by atoms with E-state index in [1.165, 1.54) is 39.3 Å². The number of rotatable bonds is 8. The number of methoxy groups -OCH3 is 3. The molecule has 0 bridgehead atoms. The minimum atomic E-state index is -4.72. The zero-order chi connectivity index (χ0) is 27.3. The molecule has 0 aliphatic carbocycles. The number of hydrogen-bond acceptors (Lipinski definition) is 7. The third-order valence-corrected chi connectivity index (χ3v) is 6.03. The summed E-state index contributed by atoms with van der Waals surface area (Å²) in [6.45, 7) is 3.03. The molecule has 198 valence electrons. The van der Waals surface area contributed by atoms with Crippen LogP contribution >= 0.6 is 0 Å². The Kier molecular flexibility index (Phi) is 8.52. The Bertz CT molecular complexity index is 1250. The lowest BCUT2D eigenvalue weighted by atomic mass is 9.78. The van der Waals surface area contributed by atoms with Gasteiger partial charge in [-0.3, -0.25) is 0 Å². The normalized spacial score (nSPS) is 15.7. The summed E-state index contributed by atoms with van der Waals surface area (Å²) in [6, 6.07) is 10.1. The van der Waals surface area contributed by atoms with Crippen LogP contribution in [0, 0.1) is 0 Å². The predicted molar refractivity (Wildman–Crippen MR) is 129 cm³/mol. The van der Waals surface area contributed by atoms with Gasteiger partial charge in [0.25, 0.3) is 0 Å². The van der Waals surface area contributed by atoms with E-state index in [4.69, 9.17) is 18.9 Å². The van der Waals surface area contributed by atoms with Crippen molar-refractivity contribution in [2.24, 2.45) is 0 Å².